The van der Waals surface area contributed by atoms with Gasteiger partial charge >= 0.3 is 5.97 Å². The van der Waals surface area contributed by atoms with Crippen LogP contribution in [0.4, 0.5) is 0 Å². The maximum Gasteiger partial charge on any atom is 0.331 e. The quantitative estimate of drug-likeness (QED) is 0.645. The summed E-state index contributed by atoms with van der Waals surface area (Å²) in [6, 6.07) is 15.3. The van der Waals surface area contributed by atoms with Crippen LogP contribution in [0.3, 0.4) is 0 Å². The molecule has 0 radical (unpaired) electrons. The van der Waals surface area contributed by atoms with E-state index in [1.807, 2.05) is 63.2 Å². The molecule has 0 aliphatic heterocycles. The minimum atomic E-state index is -0.544. The Bertz CT molecular complexity index is 766. The molecule has 25 heavy (non-hydrogen) atoms. The molecular formula is C21H23NO3. The van der Waals surface area contributed by atoms with Crippen molar-refractivity contribution in [1.29, 1.82) is 0 Å². The first-order valence-electron chi connectivity index (χ1n) is 8.22. The van der Waals surface area contributed by atoms with E-state index in [0.717, 1.165) is 11.1 Å². The molecule has 0 fully saturated rings. The lowest BCUT2D eigenvalue weighted by atomic mass is 10.0. The van der Waals surface area contributed by atoms with E-state index in [9.17, 15) is 9.59 Å². The van der Waals surface area contributed by atoms with E-state index in [2.05, 4.69) is 11.4 Å². The molecule has 2 aromatic carbocycles. The van der Waals surface area contributed by atoms with E-state index in [0.29, 0.717) is 0 Å². The molecule has 2 rings (SSSR count). The molecule has 4 nitrogen and oxygen atoms in total. The lowest BCUT2D eigenvalue weighted by Gasteiger charge is -2.15. The maximum absolute atomic E-state index is 11.9. The van der Waals surface area contributed by atoms with Crippen LogP contribution in [0.2, 0.25) is 0 Å². The zero-order chi connectivity index (χ0) is 18.2. The van der Waals surface area contributed by atoms with Crippen molar-refractivity contribution in [2.24, 2.45) is 0 Å². The Labute approximate surface area is 148 Å². The largest absolute Gasteiger partial charge is 0.452 e. The summed E-state index contributed by atoms with van der Waals surface area (Å²) in [5, 5.41) is 2.83. The minimum absolute atomic E-state index is 0.148. The van der Waals surface area contributed by atoms with E-state index in [1.165, 1.54) is 17.2 Å². The Balaban J connectivity index is 1.80. The van der Waals surface area contributed by atoms with E-state index in [1.54, 1.807) is 6.08 Å². The zero-order valence-electron chi connectivity index (χ0n) is 14.8. The molecule has 0 saturated carbocycles. The summed E-state index contributed by atoms with van der Waals surface area (Å²) in [7, 11) is 0. The molecule has 4 heteroatoms. The molecule has 0 aromatic heterocycles. The molecule has 1 amide bonds. The highest BCUT2D eigenvalue weighted by molar-refractivity contribution is 5.89. The summed E-state index contributed by atoms with van der Waals surface area (Å²) in [6.45, 7) is 5.69. The van der Waals surface area contributed by atoms with Crippen molar-refractivity contribution in [3.63, 3.8) is 0 Å². The second-order valence-corrected chi connectivity index (χ2v) is 5.98. The molecular weight excluding hydrogens is 314 g/mol. The van der Waals surface area contributed by atoms with Gasteiger partial charge in [0.05, 0.1) is 6.04 Å². The number of ether oxygens (including phenoxy) is 1. The van der Waals surface area contributed by atoms with Crippen LogP contribution in [0, 0.1) is 13.8 Å². The van der Waals surface area contributed by atoms with Crippen molar-refractivity contribution in [2.45, 2.75) is 26.8 Å². The molecule has 130 valence electrons. The van der Waals surface area contributed by atoms with Crippen molar-refractivity contribution >= 4 is 18.0 Å². The third-order valence-corrected chi connectivity index (χ3v) is 3.97. The van der Waals surface area contributed by atoms with Crippen molar-refractivity contribution in [2.75, 3.05) is 6.61 Å². The Morgan fingerprint density at radius 1 is 1.08 bits per heavy atom. The molecule has 1 atom stereocenters. The van der Waals surface area contributed by atoms with Gasteiger partial charge in [0, 0.05) is 6.08 Å². The van der Waals surface area contributed by atoms with Crippen LogP contribution < -0.4 is 5.32 Å². The van der Waals surface area contributed by atoms with Crippen LogP contribution in [-0.2, 0) is 14.3 Å². The average Bonchev–Trinajstić information content (AvgIpc) is 2.61. The highest BCUT2D eigenvalue weighted by atomic mass is 16.5. The molecule has 0 saturated heterocycles. The van der Waals surface area contributed by atoms with Crippen LogP contribution in [0.15, 0.2) is 54.6 Å². The van der Waals surface area contributed by atoms with E-state index in [4.69, 9.17) is 4.74 Å². The number of hydrogen-bond acceptors (Lipinski definition) is 3. The van der Waals surface area contributed by atoms with E-state index >= 15 is 0 Å². The number of carbonyl (C=O) groups is 2. The van der Waals surface area contributed by atoms with Crippen LogP contribution in [0.1, 0.15) is 35.2 Å². The summed E-state index contributed by atoms with van der Waals surface area (Å²) in [5.41, 5.74) is 4.30. The molecule has 0 aliphatic carbocycles. The van der Waals surface area contributed by atoms with Gasteiger partial charge in [-0.3, -0.25) is 4.79 Å². The van der Waals surface area contributed by atoms with Crippen molar-refractivity contribution < 1.29 is 14.3 Å². The lowest BCUT2D eigenvalue weighted by molar-refractivity contribution is -0.144. The van der Waals surface area contributed by atoms with E-state index < -0.39 is 5.97 Å². The molecule has 0 spiro atoms. The lowest BCUT2D eigenvalue weighted by Crippen LogP contribution is -2.31. The molecule has 0 aliphatic rings. The summed E-state index contributed by atoms with van der Waals surface area (Å²) in [6.07, 6.45) is 2.97. The van der Waals surface area contributed by atoms with Gasteiger partial charge in [-0.25, -0.2) is 4.79 Å². The van der Waals surface area contributed by atoms with Gasteiger partial charge in [0.1, 0.15) is 0 Å². The molecule has 0 heterocycles. The first kappa shape index (κ1) is 18.5. The summed E-state index contributed by atoms with van der Waals surface area (Å²) in [4.78, 5) is 23.6. The molecule has 2 aromatic rings. The first-order valence-corrected chi connectivity index (χ1v) is 8.22. The van der Waals surface area contributed by atoms with Crippen LogP contribution >= 0.6 is 0 Å². The Morgan fingerprint density at radius 3 is 2.48 bits per heavy atom. The normalized spacial score (nSPS) is 12.0. The predicted molar refractivity (Wildman–Crippen MR) is 98.9 cm³/mol. The highest BCUT2D eigenvalue weighted by Crippen LogP contribution is 2.16. The average molecular weight is 337 g/mol. The van der Waals surface area contributed by atoms with Gasteiger partial charge in [-0.1, -0.05) is 48.5 Å². The Hall–Kier alpha value is -2.88. The van der Waals surface area contributed by atoms with Gasteiger partial charge in [-0.15, -0.1) is 0 Å². The fourth-order valence-electron chi connectivity index (χ4n) is 2.31. The minimum Gasteiger partial charge on any atom is -0.452 e. The van der Waals surface area contributed by atoms with Gasteiger partial charge < -0.3 is 10.1 Å². The van der Waals surface area contributed by atoms with Gasteiger partial charge in [-0.05, 0) is 49.1 Å². The number of amides is 1. The first-order chi connectivity index (χ1) is 12.0. The zero-order valence-corrected chi connectivity index (χ0v) is 14.8. The topological polar surface area (TPSA) is 55.4 Å². The number of nitrogens with one attached hydrogen (secondary N) is 1. The Morgan fingerprint density at radius 2 is 1.80 bits per heavy atom. The fraction of sp³-hybridized carbons (Fsp3) is 0.238. The number of benzene rings is 2. The number of aryl methyl sites for hydroxylation is 2. The van der Waals surface area contributed by atoms with Gasteiger partial charge in [0.15, 0.2) is 6.61 Å². The number of rotatable bonds is 6. The van der Waals surface area contributed by atoms with Crippen LogP contribution in [0.5, 0.6) is 0 Å². The van der Waals surface area contributed by atoms with Gasteiger partial charge in [-0.2, -0.15) is 0 Å². The standard InChI is InChI=1S/C21H23NO3/c1-15-9-11-19(13-16(15)2)17(3)22-20(23)14-25-21(24)12-10-18-7-5-4-6-8-18/h4-13,17H,14H2,1-3H3,(H,22,23)/b12-10+/t17-/m0/s1. The summed E-state index contributed by atoms with van der Waals surface area (Å²) < 4.78 is 4.97. The SMILES string of the molecule is Cc1ccc([C@H](C)NC(=O)COC(=O)/C=C/c2ccccc2)cc1C. The van der Waals surface area contributed by atoms with Gasteiger partial charge in [0.2, 0.25) is 0 Å². The predicted octanol–water partition coefficient (Wildman–Crippen LogP) is 3.74. The van der Waals surface area contributed by atoms with E-state index in [-0.39, 0.29) is 18.6 Å². The van der Waals surface area contributed by atoms with Crippen molar-refractivity contribution in [3.8, 4) is 0 Å². The van der Waals surface area contributed by atoms with Gasteiger partial charge in [0.25, 0.3) is 5.91 Å². The number of esters is 1. The third kappa shape index (κ3) is 5.92. The summed E-state index contributed by atoms with van der Waals surface area (Å²) >= 11 is 0. The third-order valence-electron chi connectivity index (χ3n) is 3.97. The second-order valence-electron chi connectivity index (χ2n) is 5.98. The molecule has 0 bridgehead atoms. The van der Waals surface area contributed by atoms with Crippen molar-refractivity contribution in [3.05, 3.63) is 76.9 Å². The van der Waals surface area contributed by atoms with Crippen LogP contribution in [-0.4, -0.2) is 18.5 Å². The van der Waals surface area contributed by atoms with Crippen LogP contribution in [0.25, 0.3) is 6.08 Å². The summed E-state index contributed by atoms with van der Waals surface area (Å²) in [5.74, 6) is -0.870. The number of carbonyl (C=O) groups excluding carboxylic acids is 2. The molecule has 0 unspecified atom stereocenters. The molecule has 1 N–H and O–H groups in total. The fourth-order valence-corrected chi connectivity index (χ4v) is 2.31. The second kappa shape index (κ2) is 8.83. The smallest absolute Gasteiger partial charge is 0.331 e. The number of hydrogen-bond donors (Lipinski definition) is 1. The highest BCUT2D eigenvalue weighted by Gasteiger charge is 2.11. The Kier molecular flexibility index (Phi) is 6.52. The van der Waals surface area contributed by atoms with Crippen molar-refractivity contribution in [1.82, 2.24) is 5.32 Å². The maximum atomic E-state index is 11.9. The monoisotopic (exact) mass is 337 g/mol.